The van der Waals surface area contributed by atoms with Gasteiger partial charge in [0.2, 0.25) is 12.2 Å². The van der Waals surface area contributed by atoms with Crippen molar-refractivity contribution in [3.8, 4) is 6.19 Å². The Balaban J connectivity index is 2.14. The number of guanidine groups is 1. The van der Waals surface area contributed by atoms with E-state index in [0.717, 1.165) is 19.3 Å². The molecule has 1 atom stereocenters. The highest BCUT2D eigenvalue weighted by atomic mass is 19.1. The summed E-state index contributed by atoms with van der Waals surface area (Å²) in [5.74, 6) is 0.352. The number of nitriles is 1. The minimum absolute atomic E-state index is 0.135. The van der Waals surface area contributed by atoms with Gasteiger partial charge in [-0.25, -0.2) is 4.39 Å². The van der Waals surface area contributed by atoms with Crippen LogP contribution in [0.5, 0.6) is 0 Å². The molecule has 1 aromatic carbocycles. The molecule has 1 aliphatic rings. The van der Waals surface area contributed by atoms with E-state index in [4.69, 9.17) is 5.26 Å². The molecule has 106 valence electrons. The van der Waals surface area contributed by atoms with E-state index < -0.39 is 6.67 Å². The first kappa shape index (κ1) is 14.3. The van der Waals surface area contributed by atoms with Crippen LogP contribution in [0.3, 0.4) is 0 Å². The zero-order valence-corrected chi connectivity index (χ0v) is 11.6. The normalized spacial score (nSPS) is 17.4. The van der Waals surface area contributed by atoms with Crippen LogP contribution in [0, 0.1) is 11.5 Å². The summed E-state index contributed by atoms with van der Waals surface area (Å²) >= 11 is 0. The Bertz CT molecular complexity index is 533. The van der Waals surface area contributed by atoms with Gasteiger partial charge in [0.15, 0.2) is 0 Å². The fraction of sp³-hybridized carbons (Fsp3) is 0.467. The number of fused-ring (bicyclic) bond motifs is 1. The van der Waals surface area contributed by atoms with Gasteiger partial charge in [0, 0.05) is 6.54 Å². The standard InChI is InChI=1S/C15H19FN4/c1-2-11-4-3-5-13-12(11)6-7-14(13)20-15(19-10-17)18-9-8-16/h3-5,14H,2,6-9H2,1H3,(H2,18,19,20). The van der Waals surface area contributed by atoms with Crippen molar-refractivity contribution in [1.82, 2.24) is 10.6 Å². The number of rotatable bonds is 4. The Morgan fingerprint density at radius 2 is 2.40 bits per heavy atom. The molecule has 20 heavy (non-hydrogen) atoms. The zero-order valence-electron chi connectivity index (χ0n) is 11.6. The predicted molar refractivity (Wildman–Crippen MR) is 77.0 cm³/mol. The molecular formula is C15H19FN4. The summed E-state index contributed by atoms with van der Waals surface area (Å²) in [7, 11) is 0. The monoisotopic (exact) mass is 274 g/mol. The van der Waals surface area contributed by atoms with E-state index >= 15 is 0 Å². The number of nitrogens with one attached hydrogen (secondary N) is 2. The second kappa shape index (κ2) is 6.90. The van der Waals surface area contributed by atoms with E-state index in [-0.39, 0.29) is 12.6 Å². The minimum Gasteiger partial charge on any atom is -0.353 e. The molecule has 1 unspecified atom stereocenters. The third-order valence-electron chi connectivity index (χ3n) is 3.61. The highest BCUT2D eigenvalue weighted by Crippen LogP contribution is 2.33. The molecule has 0 aromatic heterocycles. The maximum Gasteiger partial charge on any atom is 0.209 e. The van der Waals surface area contributed by atoms with Crippen molar-refractivity contribution in [2.45, 2.75) is 32.2 Å². The smallest absolute Gasteiger partial charge is 0.209 e. The molecule has 0 saturated carbocycles. The summed E-state index contributed by atoms with van der Waals surface area (Å²) in [6.45, 7) is 1.82. The number of benzene rings is 1. The van der Waals surface area contributed by atoms with Gasteiger partial charge in [-0.05, 0) is 36.0 Å². The Kier molecular flexibility index (Phi) is 4.94. The number of nitrogens with zero attached hydrogens (tertiary/aromatic N) is 2. The number of aliphatic imine (C=N–C) groups is 1. The molecule has 1 aliphatic carbocycles. The molecule has 0 saturated heterocycles. The van der Waals surface area contributed by atoms with E-state index in [2.05, 4.69) is 40.7 Å². The Morgan fingerprint density at radius 1 is 1.55 bits per heavy atom. The highest BCUT2D eigenvalue weighted by Gasteiger charge is 2.24. The van der Waals surface area contributed by atoms with Gasteiger partial charge < -0.3 is 10.6 Å². The summed E-state index contributed by atoms with van der Waals surface area (Å²) in [5, 5.41) is 14.7. The zero-order chi connectivity index (χ0) is 14.4. The quantitative estimate of drug-likeness (QED) is 0.503. The lowest BCUT2D eigenvalue weighted by atomic mass is 10.0. The van der Waals surface area contributed by atoms with Crippen LogP contribution in [-0.2, 0) is 12.8 Å². The van der Waals surface area contributed by atoms with Crippen molar-refractivity contribution in [2.24, 2.45) is 4.99 Å². The number of hydrogen-bond donors (Lipinski definition) is 2. The second-order valence-corrected chi connectivity index (χ2v) is 4.75. The Morgan fingerprint density at radius 3 is 3.10 bits per heavy atom. The van der Waals surface area contributed by atoms with E-state index in [0.29, 0.717) is 5.96 Å². The molecule has 1 aromatic rings. The van der Waals surface area contributed by atoms with Crippen LogP contribution in [0.25, 0.3) is 0 Å². The molecule has 0 bridgehead atoms. The molecule has 0 heterocycles. The molecule has 0 spiro atoms. The lowest BCUT2D eigenvalue weighted by Crippen LogP contribution is -2.39. The lowest BCUT2D eigenvalue weighted by molar-refractivity contribution is 0.487. The first-order valence-electron chi connectivity index (χ1n) is 6.94. The molecule has 2 N–H and O–H groups in total. The van der Waals surface area contributed by atoms with Gasteiger partial charge in [-0.1, -0.05) is 25.1 Å². The van der Waals surface area contributed by atoms with E-state index in [1.807, 2.05) is 0 Å². The van der Waals surface area contributed by atoms with Gasteiger partial charge in [0.1, 0.15) is 6.67 Å². The summed E-state index contributed by atoms with van der Waals surface area (Å²) in [4.78, 5) is 3.67. The predicted octanol–water partition coefficient (Wildman–Crippen LogP) is 2.22. The third kappa shape index (κ3) is 3.08. The van der Waals surface area contributed by atoms with Crippen molar-refractivity contribution in [1.29, 1.82) is 5.26 Å². The topological polar surface area (TPSA) is 60.2 Å². The summed E-state index contributed by atoms with van der Waals surface area (Å²) < 4.78 is 12.2. The summed E-state index contributed by atoms with van der Waals surface area (Å²) in [6.07, 6.45) is 4.75. The molecule has 0 amide bonds. The van der Waals surface area contributed by atoms with Gasteiger partial charge in [-0.2, -0.15) is 5.26 Å². The van der Waals surface area contributed by atoms with Crippen molar-refractivity contribution < 1.29 is 4.39 Å². The fourth-order valence-corrected chi connectivity index (χ4v) is 2.71. The van der Waals surface area contributed by atoms with Gasteiger partial charge in [-0.3, -0.25) is 0 Å². The average Bonchev–Trinajstić information content (AvgIpc) is 2.88. The molecule has 0 radical (unpaired) electrons. The van der Waals surface area contributed by atoms with Crippen molar-refractivity contribution in [2.75, 3.05) is 13.2 Å². The van der Waals surface area contributed by atoms with E-state index in [9.17, 15) is 4.39 Å². The third-order valence-corrected chi connectivity index (χ3v) is 3.61. The molecule has 5 heteroatoms. The fourth-order valence-electron chi connectivity index (χ4n) is 2.71. The molecule has 4 nitrogen and oxygen atoms in total. The first-order chi connectivity index (χ1) is 9.80. The van der Waals surface area contributed by atoms with Crippen LogP contribution in [0.15, 0.2) is 23.2 Å². The van der Waals surface area contributed by atoms with Crippen molar-refractivity contribution in [3.05, 3.63) is 34.9 Å². The van der Waals surface area contributed by atoms with Gasteiger partial charge in [-0.15, -0.1) is 4.99 Å². The van der Waals surface area contributed by atoms with Gasteiger partial charge >= 0.3 is 0 Å². The largest absolute Gasteiger partial charge is 0.353 e. The maximum absolute atomic E-state index is 12.2. The van der Waals surface area contributed by atoms with E-state index in [1.54, 1.807) is 6.19 Å². The van der Waals surface area contributed by atoms with Crippen LogP contribution >= 0.6 is 0 Å². The van der Waals surface area contributed by atoms with Crippen LogP contribution in [0.4, 0.5) is 4.39 Å². The first-order valence-corrected chi connectivity index (χ1v) is 6.94. The van der Waals surface area contributed by atoms with Crippen LogP contribution < -0.4 is 10.6 Å². The lowest BCUT2D eigenvalue weighted by Gasteiger charge is -2.17. The number of alkyl halides is 1. The molecule has 2 rings (SSSR count). The van der Waals surface area contributed by atoms with Crippen LogP contribution in [-0.4, -0.2) is 19.2 Å². The van der Waals surface area contributed by atoms with Crippen LogP contribution in [0.2, 0.25) is 0 Å². The molecule has 0 aliphatic heterocycles. The molecular weight excluding hydrogens is 255 g/mol. The highest BCUT2D eigenvalue weighted by molar-refractivity contribution is 5.81. The Labute approximate surface area is 118 Å². The summed E-state index contributed by atoms with van der Waals surface area (Å²) in [5.41, 5.74) is 4.04. The maximum atomic E-state index is 12.2. The van der Waals surface area contributed by atoms with Gasteiger partial charge in [0.05, 0.1) is 6.04 Å². The molecule has 0 fully saturated rings. The number of halogens is 1. The second-order valence-electron chi connectivity index (χ2n) is 4.75. The average molecular weight is 274 g/mol. The minimum atomic E-state index is -0.493. The Hall–Kier alpha value is -2.09. The number of hydrogen-bond acceptors (Lipinski definition) is 2. The SMILES string of the molecule is CCc1cccc2c1CCC2NC(=NC#N)NCCF. The van der Waals surface area contributed by atoms with Crippen molar-refractivity contribution in [3.63, 3.8) is 0 Å². The summed E-state index contributed by atoms with van der Waals surface area (Å²) in [6, 6.07) is 6.47. The van der Waals surface area contributed by atoms with E-state index in [1.165, 1.54) is 16.7 Å². The number of aryl methyl sites for hydroxylation is 1. The van der Waals surface area contributed by atoms with Crippen LogP contribution in [0.1, 0.15) is 36.1 Å². The van der Waals surface area contributed by atoms with Crippen molar-refractivity contribution >= 4 is 5.96 Å². The van der Waals surface area contributed by atoms with Gasteiger partial charge in [0.25, 0.3) is 0 Å².